The Morgan fingerprint density at radius 1 is 1.02 bits per heavy atom. The molecule has 0 aromatic heterocycles. The van der Waals surface area contributed by atoms with E-state index in [2.05, 4.69) is 10.6 Å². The summed E-state index contributed by atoms with van der Waals surface area (Å²) in [5.74, 6) is -0.323. The number of aliphatic hydroxyl groups is 1. The van der Waals surface area contributed by atoms with E-state index in [4.69, 9.17) is 9.47 Å². The molecular weight excluding hydrogens is 584 g/mol. The van der Waals surface area contributed by atoms with Crippen LogP contribution in [-0.2, 0) is 4.74 Å². The maximum Gasteiger partial charge on any atom is 0.317 e. The second kappa shape index (κ2) is 17.3. The van der Waals surface area contributed by atoms with Crippen molar-refractivity contribution in [2.75, 3.05) is 38.7 Å². The first kappa shape index (κ1) is 35.2. The van der Waals surface area contributed by atoms with Crippen molar-refractivity contribution < 1.29 is 29.0 Å². The van der Waals surface area contributed by atoms with Crippen LogP contribution in [0.5, 0.6) is 5.75 Å². The zero-order valence-corrected chi connectivity index (χ0v) is 27.9. The van der Waals surface area contributed by atoms with Crippen molar-refractivity contribution in [2.45, 2.75) is 96.4 Å². The van der Waals surface area contributed by atoms with E-state index in [1.165, 1.54) is 6.42 Å². The molecule has 46 heavy (non-hydrogen) atoms. The Bertz CT molecular complexity index is 1280. The first-order chi connectivity index (χ1) is 22.2. The number of fused-ring (bicyclic) bond motifs is 1. The van der Waals surface area contributed by atoms with Crippen LogP contribution < -0.4 is 15.4 Å². The summed E-state index contributed by atoms with van der Waals surface area (Å²) in [5, 5.41) is 16.3. The molecule has 4 atom stereocenters. The van der Waals surface area contributed by atoms with Gasteiger partial charge >= 0.3 is 6.03 Å². The number of ether oxygens (including phenoxy) is 2. The van der Waals surface area contributed by atoms with E-state index in [0.29, 0.717) is 42.3 Å². The number of benzene rings is 2. The average molecular weight is 637 g/mol. The number of aliphatic hydroxyl groups excluding tert-OH is 1. The molecule has 2 aromatic carbocycles. The second-order valence-corrected chi connectivity index (χ2v) is 13.0. The first-order valence-electron chi connectivity index (χ1n) is 16.9. The Morgan fingerprint density at radius 2 is 1.74 bits per heavy atom. The highest BCUT2D eigenvalue weighted by atomic mass is 16.5. The van der Waals surface area contributed by atoms with Crippen molar-refractivity contribution in [1.82, 2.24) is 15.1 Å². The zero-order chi connectivity index (χ0) is 33.1. The molecule has 0 saturated heterocycles. The van der Waals surface area contributed by atoms with Gasteiger partial charge < -0.3 is 35.0 Å². The lowest BCUT2D eigenvalue weighted by molar-refractivity contribution is -0.0123. The summed E-state index contributed by atoms with van der Waals surface area (Å²) in [6, 6.07) is 13.6. The molecule has 10 heteroatoms. The fraction of sp³-hybridized carbons (Fsp3) is 0.583. The molecule has 252 valence electrons. The van der Waals surface area contributed by atoms with E-state index < -0.39 is 6.04 Å². The van der Waals surface area contributed by atoms with E-state index in [-0.39, 0.29) is 48.6 Å². The molecule has 3 N–H and O–H groups in total. The number of urea groups is 1. The smallest absolute Gasteiger partial charge is 0.317 e. The molecular formula is C36H52N4O6. The molecule has 1 saturated carbocycles. The number of nitrogens with zero attached hydrogens (tertiary/aromatic N) is 2. The lowest BCUT2D eigenvalue weighted by atomic mass is 9.96. The molecule has 1 aliphatic carbocycles. The number of likely N-dealkylation sites (N-methyl/N-ethyl adjacent to an activating group) is 1. The number of rotatable bonds is 7. The number of nitrogens with one attached hydrogen (secondary N) is 2. The molecule has 4 amide bonds. The Balaban J connectivity index is 1.58. The molecule has 4 rings (SSSR count). The van der Waals surface area contributed by atoms with Gasteiger partial charge in [0.1, 0.15) is 5.75 Å². The standard InChI is InChI=1S/C36H52N4O6/c1-25-22-40(26(2)24-41)35(43)31-21-30(37-34(42)28-14-7-5-8-15-28)18-19-32(31)46-27(3)13-11-12-20-45-33(25)23-39(4)36(44)38-29-16-9-6-10-17-29/h5,7-8,14-15,18-19,21,25-27,29,33,41H,6,9-13,16-17,20,22-24H2,1-4H3,(H,37,42)(H,38,44)/t25-,26+,27-,33+/m0/s1. The van der Waals surface area contributed by atoms with Crippen molar-refractivity contribution in [3.05, 3.63) is 59.7 Å². The third-order valence-electron chi connectivity index (χ3n) is 9.08. The van der Waals surface area contributed by atoms with Gasteiger partial charge in [-0.3, -0.25) is 9.59 Å². The highest BCUT2D eigenvalue weighted by Crippen LogP contribution is 2.29. The predicted octanol–water partition coefficient (Wildman–Crippen LogP) is 5.71. The predicted molar refractivity (Wildman–Crippen MR) is 179 cm³/mol. The SMILES string of the molecule is C[C@H](CO)N1C[C@H](C)[C@@H](CN(C)C(=O)NC2CCCCC2)OCCCC[C@H](C)Oc2ccc(NC(=O)c3ccccc3)cc2C1=O. The Kier molecular flexibility index (Phi) is 13.3. The Morgan fingerprint density at radius 3 is 2.46 bits per heavy atom. The van der Waals surface area contributed by atoms with Gasteiger partial charge in [-0.25, -0.2) is 4.79 Å². The maximum absolute atomic E-state index is 14.3. The van der Waals surface area contributed by atoms with Gasteiger partial charge in [0.05, 0.1) is 30.4 Å². The van der Waals surface area contributed by atoms with Crippen LogP contribution in [-0.4, -0.2) is 90.4 Å². The third kappa shape index (κ3) is 9.93. The minimum Gasteiger partial charge on any atom is -0.490 e. The highest BCUT2D eigenvalue weighted by Gasteiger charge is 2.31. The second-order valence-electron chi connectivity index (χ2n) is 13.0. The van der Waals surface area contributed by atoms with E-state index in [1.807, 2.05) is 19.9 Å². The van der Waals surface area contributed by atoms with Crippen molar-refractivity contribution in [3.8, 4) is 5.75 Å². The molecule has 0 spiro atoms. The van der Waals surface area contributed by atoms with Crippen LogP contribution in [0.2, 0.25) is 0 Å². The van der Waals surface area contributed by atoms with Crippen LogP contribution in [0.15, 0.2) is 48.5 Å². The topological polar surface area (TPSA) is 120 Å². The minimum atomic E-state index is -0.497. The Labute approximate surface area is 273 Å². The largest absolute Gasteiger partial charge is 0.490 e. The van der Waals surface area contributed by atoms with Gasteiger partial charge in [0.25, 0.3) is 11.8 Å². The maximum atomic E-state index is 14.3. The van der Waals surface area contributed by atoms with Gasteiger partial charge in [0.2, 0.25) is 0 Å². The molecule has 0 unspecified atom stereocenters. The quantitative estimate of drug-likeness (QED) is 0.358. The number of anilines is 1. The summed E-state index contributed by atoms with van der Waals surface area (Å²) in [4.78, 5) is 43.7. The van der Waals surface area contributed by atoms with Crippen LogP contribution in [0.4, 0.5) is 10.5 Å². The summed E-state index contributed by atoms with van der Waals surface area (Å²) in [6.07, 6.45) is 7.50. The van der Waals surface area contributed by atoms with E-state index in [0.717, 1.165) is 44.9 Å². The summed E-state index contributed by atoms with van der Waals surface area (Å²) < 4.78 is 12.7. The van der Waals surface area contributed by atoms with Crippen molar-refractivity contribution in [1.29, 1.82) is 0 Å². The van der Waals surface area contributed by atoms with Crippen LogP contribution in [0.25, 0.3) is 0 Å². The fourth-order valence-electron chi connectivity index (χ4n) is 6.14. The van der Waals surface area contributed by atoms with Crippen molar-refractivity contribution in [2.24, 2.45) is 5.92 Å². The van der Waals surface area contributed by atoms with Gasteiger partial charge in [-0.1, -0.05) is 44.4 Å². The van der Waals surface area contributed by atoms with Gasteiger partial charge in [-0.05, 0) is 76.3 Å². The van der Waals surface area contributed by atoms with Gasteiger partial charge in [-0.15, -0.1) is 0 Å². The summed E-state index contributed by atoms with van der Waals surface area (Å²) >= 11 is 0. The highest BCUT2D eigenvalue weighted by molar-refractivity contribution is 6.05. The van der Waals surface area contributed by atoms with E-state index >= 15 is 0 Å². The van der Waals surface area contributed by atoms with Gasteiger partial charge in [-0.2, -0.15) is 0 Å². The van der Waals surface area contributed by atoms with Gasteiger partial charge in [0, 0.05) is 50.0 Å². The van der Waals surface area contributed by atoms with E-state index in [9.17, 15) is 19.5 Å². The minimum absolute atomic E-state index is 0.108. The lowest BCUT2D eigenvalue weighted by Crippen LogP contribution is -2.50. The summed E-state index contributed by atoms with van der Waals surface area (Å²) in [5.41, 5.74) is 1.28. The van der Waals surface area contributed by atoms with E-state index in [1.54, 1.807) is 66.2 Å². The summed E-state index contributed by atoms with van der Waals surface area (Å²) in [7, 11) is 1.79. The summed E-state index contributed by atoms with van der Waals surface area (Å²) in [6.45, 7) is 6.77. The van der Waals surface area contributed by atoms with Crippen molar-refractivity contribution >= 4 is 23.5 Å². The average Bonchev–Trinajstić information content (AvgIpc) is 3.06. The monoisotopic (exact) mass is 636 g/mol. The zero-order valence-electron chi connectivity index (χ0n) is 27.9. The molecule has 2 aliphatic rings. The molecule has 0 bridgehead atoms. The fourth-order valence-corrected chi connectivity index (χ4v) is 6.14. The third-order valence-corrected chi connectivity index (χ3v) is 9.08. The number of carbonyl (C=O) groups is 3. The molecule has 1 aliphatic heterocycles. The number of carbonyl (C=O) groups excluding carboxylic acids is 3. The van der Waals surface area contributed by atoms with Crippen LogP contribution in [0, 0.1) is 5.92 Å². The molecule has 0 radical (unpaired) electrons. The van der Waals surface area contributed by atoms with Gasteiger partial charge in [0.15, 0.2) is 0 Å². The Hall–Kier alpha value is -3.63. The number of amides is 4. The lowest BCUT2D eigenvalue weighted by Gasteiger charge is -2.36. The molecule has 10 nitrogen and oxygen atoms in total. The molecule has 1 heterocycles. The van der Waals surface area contributed by atoms with Crippen molar-refractivity contribution in [3.63, 3.8) is 0 Å². The first-order valence-corrected chi connectivity index (χ1v) is 16.9. The van der Waals surface area contributed by atoms with Crippen LogP contribution in [0.1, 0.15) is 92.9 Å². The molecule has 2 aromatic rings. The van der Waals surface area contributed by atoms with Crippen LogP contribution >= 0.6 is 0 Å². The number of hydrogen-bond acceptors (Lipinski definition) is 6. The number of hydrogen-bond donors (Lipinski definition) is 3. The normalized spacial score (nSPS) is 22.5. The van der Waals surface area contributed by atoms with Crippen LogP contribution in [0.3, 0.4) is 0 Å². The molecule has 1 fully saturated rings.